The van der Waals surface area contributed by atoms with E-state index >= 15 is 0 Å². The molecule has 4 aromatic carbocycles. The van der Waals surface area contributed by atoms with Crippen molar-refractivity contribution in [3.05, 3.63) is 136 Å². The molecule has 6 rings (SSSR count). The van der Waals surface area contributed by atoms with Gasteiger partial charge in [-0.2, -0.15) is 0 Å². The lowest BCUT2D eigenvalue weighted by Gasteiger charge is -2.46. The van der Waals surface area contributed by atoms with E-state index in [1.165, 1.54) is 61.2 Å². The monoisotopic (exact) mass is 426 g/mol. The van der Waals surface area contributed by atoms with Gasteiger partial charge in [-0.05, 0) is 88.0 Å². The van der Waals surface area contributed by atoms with E-state index < -0.39 is 0 Å². The minimum Gasteiger partial charge on any atom is -0.0841 e. The first-order valence-electron chi connectivity index (χ1n) is 12.0. The number of rotatable bonds is 1. The van der Waals surface area contributed by atoms with E-state index in [0.717, 1.165) is 0 Å². The largest absolute Gasteiger partial charge is 0.0841 e. The SMILES string of the molecule is C/C=C(\C)c1ccc2c(c1)-c1c(C)cccc1C21c2ccccc2C(C)(C)c2ccccc21. The standard InChI is InChI=1S/C33H30/c1-6-21(2)23-18-19-25-24(20-23)31-22(3)12-11-17-30(31)33(25)28-15-9-7-13-26(28)32(4,5)27-14-8-10-16-29(27)33/h6-20H,1-5H3/b21-6+. The highest BCUT2D eigenvalue weighted by Crippen LogP contribution is 2.62. The molecule has 2 aliphatic rings. The summed E-state index contributed by atoms with van der Waals surface area (Å²) in [5.41, 5.74) is 15.0. The molecule has 0 bridgehead atoms. The molecular formula is C33H30. The van der Waals surface area contributed by atoms with Gasteiger partial charge in [-0.15, -0.1) is 0 Å². The maximum absolute atomic E-state index is 2.43. The normalized spacial score (nSPS) is 16.7. The molecule has 1 spiro atoms. The maximum Gasteiger partial charge on any atom is 0.0719 e. The quantitative estimate of drug-likeness (QED) is 0.252. The lowest BCUT2D eigenvalue weighted by atomic mass is 9.55. The van der Waals surface area contributed by atoms with Gasteiger partial charge in [0.25, 0.3) is 0 Å². The molecule has 0 N–H and O–H groups in total. The van der Waals surface area contributed by atoms with Gasteiger partial charge in [0, 0.05) is 5.41 Å². The zero-order valence-electron chi connectivity index (χ0n) is 20.2. The highest BCUT2D eigenvalue weighted by atomic mass is 14.5. The maximum atomic E-state index is 2.43. The Bertz CT molecular complexity index is 1410. The Morgan fingerprint density at radius 3 is 1.85 bits per heavy atom. The van der Waals surface area contributed by atoms with Crippen molar-refractivity contribution in [3.8, 4) is 11.1 Å². The zero-order valence-corrected chi connectivity index (χ0v) is 20.2. The van der Waals surface area contributed by atoms with Crippen LogP contribution in [-0.2, 0) is 10.8 Å². The number of hydrogen-bond donors (Lipinski definition) is 0. The predicted molar refractivity (Wildman–Crippen MR) is 140 cm³/mol. The Labute approximate surface area is 197 Å². The van der Waals surface area contributed by atoms with Gasteiger partial charge in [0.2, 0.25) is 0 Å². The Hall–Kier alpha value is -3.38. The average Bonchev–Trinajstić information content (AvgIpc) is 3.14. The van der Waals surface area contributed by atoms with Crippen LogP contribution in [0.4, 0.5) is 0 Å². The Morgan fingerprint density at radius 1 is 0.667 bits per heavy atom. The molecule has 0 atom stereocenters. The fourth-order valence-electron chi connectivity index (χ4n) is 6.55. The fraction of sp³-hybridized carbons (Fsp3) is 0.212. The van der Waals surface area contributed by atoms with E-state index in [1.54, 1.807) is 0 Å². The van der Waals surface area contributed by atoms with E-state index in [0.29, 0.717) is 0 Å². The summed E-state index contributed by atoms with van der Waals surface area (Å²) in [6.45, 7) is 11.4. The molecule has 0 saturated carbocycles. The van der Waals surface area contributed by atoms with Crippen molar-refractivity contribution >= 4 is 5.57 Å². The van der Waals surface area contributed by atoms with E-state index in [4.69, 9.17) is 0 Å². The Morgan fingerprint density at radius 2 is 1.24 bits per heavy atom. The molecule has 0 aromatic heterocycles. The first-order chi connectivity index (χ1) is 15.9. The predicted octanol–water partition coefficient (Wildman–Crippen LogP) is 8.42. The van der Waals surface area contributed by atoms with Gasteiger partial charge in [-0.1, -0.05) is 98.8 Å². The van der Waals surface area contributed by atoms with Crippen molar-refractivity contribution < 1.29 is 0 Å². The summed E-state index contributed by atoms with van der Waals surface area (Å²) in [5, 5.41) is 0. The third kappa shape index (κ3) is 2.42. The van der Waals surface area contributed by atoms with Crippen LogP contribution >= 0.6 is 0 Å². The topological polar surface area (TPSA) is 0 Å². The van der Waals surface area contributed by atoms with Crippen molar-refractivity contribution in [3.63, 3.8) is 0 Å². The third-order valence-corrected chi connectivity index (χ3v) is 8.27. The number of benzene rings is 4. The third-order valence-electron chi connectivity index (χ3n) is 8.27. The molecule has 2 aliphatic carbocycles. The highest BCUT2D eigenvalue weighted by Gasteiger charge is 2.53. The second-order valence-corrected chi connectivity index (χ2v) is 10.2. The Balaban J connectivity index is 1.84. The first-order valence-corrected chi connectivity index (χ1v) is 12.0. The van der Waals surface area contributed by atoms with Crippen LogP contribution in [-0.4, -0.2) is 0 Å². The minimum atomic E-state index is -0.290. The fourth-order valence-corrected chi connectivity index (χ4v) is 6.55. The minimum absolute atomic E-state index is 0.0490. The van der Waals surface area contributed by atoms with Crippen molar-refractivity contribution in [1.82, 2.24) is 0 Å². The van der Waals surface area contributed by atoms with Crippen LogP contribution < -0.4 is 0 Å². The van der Waals surface area contributed by atoms with E-state index in [9.17, 15) is 0 Å². The van der Waals surface area contributed by atoms with Gasteiger partial charge in [0.05, 0.1) is 5.41 Å². The first kappa shape index (κ1) is 20.2. The number of hydrogen-bond acceptors (Lipinski definition) is 0. The smallest absolute Gasteiger partial charge is 0.0719 e. The van der Waals surface area contributed by atoms with Gasteiger partial charge in [-0.25, -0.2) is 0 Å². The van der Waals surface area contributed by atoms with Gasteiger partial charge in [-0.3, -0.25) is 0 Å². The molecule has 4 aromatic rings. The lowest BCUT2D eigenvalue weighted by Crippen LogP contribution is -2.40. The molecule has 0 fully saturated rings. The molecule has 0 unspecified atom stereocenters. The molecular weight excluding hydrogens is 396 g/mol. The van der Waals surface area contributed by atoms with Crippen molar-refractivity contribution in [2.75, 3.05) is 0 Å². The number of aryl methyl sites for hydroxylation is 1. The van der Waals surface area contributed by atoms with Crippen LogP contribution in [0.2, 0.25) is 0 Å². The van der Waals surface area contributed by atoms with E-state index in [1.807, 2.05) is 0 Å². The summed E-state index contributed by atoms with van der Waals surface area (Å²) in [4.78, 5) is 0. The lowest BCUT2D eigenvalue weighted by molar-refractivity contribution is 0.563. The molecule has 0 nitrogen and oxygen atoms in total. The van der Waals surface area contributed by atoms with Crippen LogP contribution in [0.3, 0.4) is 0 Å². The molecule has 0 heterocycles. The zero-order chi connectivity index (χ0) is 23.0. The molecule has 33 heavy (non-hydrogen) atoms. The van der Waals surface area contributed by atoms with Crippen LogP contribution in [0.1, 0.15) is 72.2 Å². The molecule has 0 radical (unpaired) electrons. The van der Waals surface area contributed by atoms with Crippen molar-refractivity contribution in [2.24, 2.45) is 0 Å². The summed E-state index contributed by atoms with van der Waals surface area (Å²) < 4.78 is 0. The molecule has 0 aliphatic heterocycles. The average molecular weight is 427 g/mol. The van der Waals surface area contributed by atoms with Crippen LogP contribution in [0.5, 0.6) is 0 Å². The molecule has 0 heteroatoms. The van der Waals surface area contributed by atoms with Gasteiger partial charge < -0.3 is 0 Å². The van der Waals surface area contributed by atoms with E-state index in [-0.39, 0.29) is 10.8 Å². The van der Waals surface area contributed by atoms with Gasteiger partial charge >= 0.3 is 0 Å². The Kier molecular flexibility index (Phi) is 4.18. The van der Waals surface area contributed by atoms with Crippen LogP contribution in [0, 0.1) is 6.92 Å². The second-order valence-electron chi connectivity index (χ2n) is 10.2. The molecule has 0 amide bonds. The summed E-state index contributed by atoms with van der Waals surface area (Å²) in [5.74, 6) is 0. The van der Waals surface area contributed by atoms with Crippen molar-refractivity contribution in [1.29, 1.82) is 0 Å². The summed E-state index contributed by atoms with van der Waals surface area (Å²) >= 11 is 0. The summed E-state index contributed by atoms with van der Waals surface area (Å²) in [6.07, 6.45) is 2.21. The van der Waals surface area contributed by atoms with Crippen LogP contribution in [0.15, 0.2) is 91.0 Å². The van der Waals surface area contributed by atoms with Crippen LogP contribution in [0.25, 0.3) is 16.7 Å². The number of allylic oxidation sites excluding steroid dienone is 2. The molecule has 0 saturated heterocycles. The summed E-state index contributed by atoms with van der Waals surface area (Å²) in [7, 11) is 0. The molecule has 162 valence electrons. The van der Waals surface area contributed by atoms with Crippen molar-refractivity contribution in [2.45, 2.75) is 45.4 Å². The highest BCUT2D eigenvalue weighted by molar-refractivity contribution is 5.91. The van der Waals surface area contributed by atoms with Gasteiger partial charge in [0.1, 0.15) is 0 Å². The number of fused-ring (bicyclic) bond motifs is 9. The second kappa shape index (κ2) is 6.81. The van der Waals surface area contributed by atoms with E-state index in [2.05, 4.69) is 126 Å². The summed E-state index contributed by atoms with van der Waals surface area (Å²) in [6, 6.07) is 32.3. The van der Waals surface area contributed by atoms with Gasteiger partial charge in [0.15, 0.2) is 0 Å².